The predicted octanol–water partition coefficient (Wildman–Crippen LogP) is 2.71. The minimum atomic E-state index is 0.517. The molecule has 2 aliphatic rings. The fraction of sp³-hybridized carbons (Fsp3) is 0.789. The fourth-order valence-electron chi connectivity index (χ4n) is 4.08. The molecule has 2 aliphatic heterocycles. The van der Waals surface area contributed by atoms with Gasteiger partial charge >= 0.3 is 0 Å². The van der Waals surface area contributed by atoms with Gasteiger partial charge in [-0.05, 0) is 65.7 Å². The molecule has 0 aromatic carbocycles. The molecule has 5 heteroatoms. The molecule has 0 amide bonds. The maximum atomic E-state index is 4.69. The molecule has 2 fully saturated rings. The highest BCUT2D eigenvalue weighted by atomic mass is 15.2. The van der Waals surface area contributed by atoms with Gasteiger partial charge in [0.1, 0.15) is 11.6 Å². The lowest BCUT2D eigenvalue weighted by Gasteiger charge is -2.42. The van der Waals surface area contributed by atoms with Crippen molar-refractivity contribution in [1.82, 2.24) is 19.8 Å². The highest BCUT2D eigenvalue weighted by Crippen LogP contribution is 2.23. The second-order valence-electron chi connectivity index (χ2n) is 7.55. The molecule has 0 saturated carbocycles. The van der Waals surface area contributed by atoms with Gasteiger partial charge in [-0.2, -0.15) is 0 Å². The zero-order valence-corrected chi connectivity index (χ0v) is 15.6. The Kier molecular flexibility index (Phi) is 6.06. The molecular weight excluding hydrogens is 298 g/mol. The molecule has 0 aliphatic carbocycles. The number of piperidine rings is 2. The van der Waals surface area contributed by atoms with Crippen molar-refractivity contribution in [2.75, 3.05) is 38.5 Å². The molecule has 24 heavy (non-hydrogen) atoms. The van der Waals surface area contributed by atoms with Gasteiger partial charge in [0.15, 0.2) is 0 Å². The molecule has 1 aromatic heterocycles. The van der Waals surface area contributed by atoms with E-state index >= 15 is 0 Å². The highest BCUT2D eigenvalue weighted by molar-refractivity contribution is 5.44. The van der Waals surface area contributed by atoms with Crippen molar-refractivity contribution in [1.29, 1.82) is 0 Å². The topological polar surface area (TPSA) is 44.3 Å². The smallest absolute Gasteiger partial charge is 0.133 e. The van der Waals surface area contributed by atoms with Gasteiger partial charge in [0, 0.05) is 30.4 Å². The van der Waals surface area contributed by atoms with Crippen molar-refractivity contribution in [3.8, 4) is 0 Å². The number of rotatable bonds is 5. The summed E-state index contributed by atoms with van der Waals surface area (Å²) in [4.78, 5) is 14.2. The van der Waals surface area contributed by atoms with Crippen molar-refractivity contribution in [2.24, 2.45) is 0 Å². The van der Waals surface area contributed by atoms with Crippen LogP contribution in [0.5, 0.6) is 0 Å². The maximum Gasteiger partial charge on any atom is 0.133 e. The van der Waals surface area contributed by atoms with E-state index in [1.54, 1.807) is 0 Å². The van der Waals surface area contributed by atoms with Crippen molar-refractivity contribution in [3.63, 3.8) is 0 Å². The highest BCUT2D eigenvalue weighted by Gasteiger charge is 2.28. The minimum Gasteiger partial charge on any atom is -0.366 e. The second kappa shape index (κ2) is 8.26. The third kappa shape index (κ3) is 4.45. The Morgan fingerprint density at radius 3 is 2.75 bits per heavy atom. The molecular formula is C19H33N5. The average Bonchev–Trinajstić information content (AvgIpc) is 2.58. The Morgan fingerprint density at radius 1 is 1.21 bits per heavy atom. The molecule has 1 atom stereocenters. The van der Waals surface area contributed by atoms with Crippen LogP contribution in [0.2, 0.25) is 0 Å². The molecule has 134 valence electrons. The largest absolute Gasteiger partial charge is 0.366 e. The molecule has 1 N–H and O–H groups in total. The molecule has 0 spiro atoms. The molecule has 3 heterocycles. The van der Waals surface area contributed by atoms with Crippen LogP contribution in [-0.4, -0.2) is 65.1 Å². The molecule has 0 bridgehead atoms. The number of hydrogen-bond donors (Lipinski definition) is 1. The van der Waals surface area contributed by atoms with Crippen molar-refractivity contribution in [3.05, 3.63) is 17.6 Å². The summed E-state index contributed by atoms with van der Waals surface area (Å²) < 4.78 is 0. The molecule has 0 radical (unpaired) electrons. The van der Waals surface area contributed by atoms with E-state index in [1.165, 1.54) is 50.9 Å². The molecule has 0 unspecified atom stereocenters. The van der Waals surface area contributed by atoms with Crippen molar-refractivity contribution in [2.45, 2.75) is 64.5 Å². The molecule has 5 nitrogen and oxygen atoms in total. The Hall–Kier alpha value is -1.20. The van der Waals surface area contributed by atoms with Gasteiger partial charge in [0.2, 0.25) is 0 Å². The normalized spacial score (nSPS) is 24.2. The lowest BCUT2D eigenvalue weighted by molar-refractivity contribution is 0.0978. The zero-order chi connectivity index (χ0) is 16.9. The lowest BCUT2D eigenvalue weighted by Crippen LogP contribution is -2.50. The minimum absolute atomic E-state index is 0.517. The van der Waals surface area contributed by atoms with E-state index in [2.05, 4.69) is 39.1 Å². The monoisotopic (exact) mass is 331 g/mol. The van der Waals surface area contributed by atoms with Gasteiger partial charge in [-0.1, -0.05) is 13.3 Å². The molecule has 2 saturated heterocycles. The molecule has 1 aromatic rings. The Labute approximate surface area is 146 Å². The third-order valence-electron chi connectivity index (χ3n) is 5.50. The van der Waals surface area contributed by atoms with Crippen molar-refractivity contribution >= 4 is 5.82 Å². The van der Waals surface area contributed by atoms with Crippen LogP contribution in [0, 0.1) is 6.92 Å². The summed E-state index contributed by atoms with van der Waals surface area (Å²) in [6.07, 6.45) is 9.36. The number of nitrogens with zero attached hydrogens (tertiary/aromatic N) is 4. The first-order valence-electron chi connectivity index (χ1n) is 9.67. The average molecular weight is 332 g/mol. The van der Waals surface area contributed by atoms with Crippen LogP contribution < -0.4 is 5.32 Å². The van der Waals surface area contributed by atoms with E-state index < -0.39 is 0 Å². The first-order chi connectivity index (χ1) is 11.7. The van der Waals surface area contributed by atoms with Gasteiger partial charge in [-0.25, -0.2) is 9.97 Å². The van der Waals surface area contributed by atoms with Gasteiger partial charge in [0.25, 0.3) is 0 Å². The number of aryl methyl sites for hydroxylation is 2. The van der Waals surface area contributed by atoms with Gasteiger partial charge in [-0.3, -0.25) is 4.90 Å². The summed E-state index contributed by atoms with van der Waals surface area (Å²) in [5, 5.41) is 3.75. The summed E-state index contributed by atoms with van der Waals surface area (Å²) >= 11 is 0. The van der Waals surface area contributed by atoms with Crippen molar-refractivity contribution < 1.29 is 0 Å². The van der Waals surface area contributed by atoms with Crippen LogP contribution in [0.15, 0.2) is 6.20 Å². The third-order valence-corrected chi connectivity index (χ3v) is 5.50. The zero-order valence-electron chi connectivity index (χ0n) is 15.6. The Balaban J connectivity index is 1.62. The maximum absolute atomic E-state index is 4.69. The van der Waals surface area contributed by atoms with Gasteiger partial charge in [-0.15, -0.1) is 0 Å². The lowest BCUT2D eigenvalue weighted by atomic mass is 9.98. The van der Waals surface area contributed by atoms with Crippen LogP contribution in [0.3, 0.4) is 0 Å². The standard InChI is InChI=1S/C19H33N5/c1-4-6-16-13-20-15(2)21-19(16)22-17-7-5-10-24(14-17)18-8-11-23(3)12-9-18/h13,17-18H,4-12,14H2,1-3H3,(H,20,21,22)/t17-/m0/s1. The number of nitrogens with one attached hydrogen (secondary N) is 1. The number of hydrogen-bond acceptors (Lipinski definition) is 5. The van der Waals surface area contributed by atoms with Crippen LogP contribution in [0.4, 0.5) is 5.82 Å². The first-order valence-corrected chi connectivity index (χ1v) is 9.67. The van der Waals surface area contributed by atoms with Gasteiger partial charge in [0.05, 0.1) is 0 Å². The van der Waals surface area contributed by atoms with E-state index in [9.17, 15) is 0 Å². The second-order valence-corrected chi connectivity index (χ2v) is 7.55. The fourth-order valence-corrected chi connectivity index (χ4v) is 4.08. The van der Waals surface area contributed by atoms with Gasteiger partial charge < -0.3 is 10.2 Å². The Bertz CT molecular complexity index is 524. The predicted molar refractivity (Wildman–Crippen MR) is 99.5 cm³/mol. The van der Waals surface area contributed by atoms with E-state index in [-0.39, 0.29) is 0 Å². The quantitative estimate of drug-likeness (QED) is 0.899. The summed E-state index contributed by atoms with van der Waals surface area (Å²) in [5.41, 5.74) is 1.26. The summed E-state index contributed by atoms with van der Waals surface area (Å²) in [6.45, 7) is 9.09. The van der Waals surface area contributed by atoms with Crippen LogP contribution in [0.25, 0.3) is 0 Å². The van der Waals surface area contributed by atoms with Crippen LogP contribution >= 0.6 is 0 Å². The van der Waals surface area contributed by atoms with E-state index in [0.29, 0.717) is 6.04 Å². The van der Waals surface area contributed by atoms with E-state index in [1.807, 2.05) is 13.1 Å². The summed E-state index contributed by atoms with van der Waals surface area (Å²) in [5.74, 6) is 1.93. The van der Waals surface area contributed by atoms with Crippen LogP contribution in [-0.2, 0) is 6.42 Å². The van der Waals surface area contributed by atoms with Crippen LogP contribution in [0.1, 0.15) is 50.4 Å². The summed E-state index contributed by atoms with van der Waals surface area (Å²) in [7, 11) is 2.24. The summed E-state index contributed by atoms with van der Waals surface area (Å²) in [6, 6.07) is 1.29. The number of aromatic nitrogens is 2. The SMILES string of the molecule is CCCc1cnc(C)nc1N[C@H]1CCCN(C2CCN(C)CC2)C1. The Morgan fingerprint density at radius 2 is 2.00 bits per heavy atom. The van der Waals surface area contributed by atoms with E-state index in [4.69, 9.17) is 0 Å². The number of anilines is 1. The number of likely N-dealkylation sites (tertiary alicyclic amines) is 2. The molecule has 3 rings (SSSR count). The first kappa shape index (κ1) is 17.6. The van der Waals surface area contributed by atoms with E-state index in [0.717, 1.165) is 37.1 Å².